The molecule has 3 aromatic rings. The molecule has 0 aliphatic carbocycles. The van der Waals surface area contributed by atoms with Crippen molar-refractivity contribution in [2.24, 2.45) is 0 Å². The summed E-state index contributed by atoms with van der Waals surface area (Å²) in [5, 5.41) is 8.78. The molecule has 0 fully saturated rings. The van der Waals surface area contributed by atoms with E-state index in [0.29, 0.717) is 30.4 Å². The highest BCUT2D eigenvalue weighted by atomic mass is 32.2. The van der Waals surface area contributed by atoms with Crippen molar-refractivity contribution >= 4 is 32.4 Å². The second kappa shape index (κ2) is 11.0. The number of benzene rings is 1. The number of aromatic nitrogens is 3. The Morgan fingerprint density at radius 1 is 1.16 bits per heavy atom. The first-order chi connectivity index (χ1) is 15.3. The molecule has 2 heterocycles. The third kappa shape index (κ3) is 7.61. The number of hydrogen-bond donors (Lipinski definition) is 2. The molecule has 0 saturated carbocycles. The van der Waals surface area contributed by atoms with Crippen LogP contribution in [0.5, 0.6) is 5.75 Å². The maximum Gasteiger partial charge on any atom is 0.231 e. The van der Waals surface area contributed by atoms with E-state index in [1.807, 2.05) is 24.3 Å². The number of methoxy groups -OCH3 is 1. The number of sulfonamides is 1. The van der Waals surface area contributed by atoms with E-state index in [2.05, 4.69) is 25.2 Å². The topological polar surface area (TPSA) is 136 Å². The number of nitrogens with zero attached hydrogens (tertiary/aromatic N) is 3. The Kier molecular flexibility index (Phi) is 8.17. The average Bonchev–Trinajstić information content (AvgIpc) is 3.39. The largest absolute Gasteiger partial charge is 0.497 e. The minimum Gasteiger partial charge on any atom is -0.497 e. The molecule has 0 saturated heterocycles. The van der Waals surface area contributed by atoms with E-state index in [-0.39, 0.29) is 17.5 Å². The van der Waals surface area contributed by atoms with Gasteiger partial charge in [-0.3, -0.25) is 9.52 Å². The standard InChI is InChI=1S/C20H25N5O5S2/c1-29-16-9-7-14(8-10-16)19-23-18(30-24-19)6-4-3-5-11-21-17(26)12-15-13-31-20(22-15)25-32(2,27)28/h7-10,13H,3-6,11-12H2,1-2H3,(H,21,26)(H,22,25). The maximum absolute atomic E-state index is 12.0. The molecule has 0 spiro atoms. The normalized spacial score (nSPS) is 11.3. The number of hydrogen-bond acceptors (Lipinski definition) is 9. The lowest BCUT2D eigenvalue weighted by molar-refractivity contribution is -0.120. The number of rotatable bonds is 12. The number of ether oxygens (including phenoxy) is 1. The Bertz CT molecular complexity index is 1130. The van der Waals surface area contributed by atoms with E-state index < -0.39 is 10.0 Å². The molecule has 0 bridgehead atoms. The minimum absolute atomic E-state index is 0.109. The summed E-state index contributed by atoms with van der Waals surface area (Å²) in [5.41, 5.74) is 1.39. The highest BCUT2D eigenvalue weighted by Gasteiger charge is 2.11. The van der Waals surface area contributed by atoms with Crippen LogP contribution in [0.1, 0.15) is 30.8 Å². The number of amides is 1. The van der Waals surface area contributed by atoms with Crippen LogP contribution in [0, 0.1) is 0 Å². The van der Waals surface area contributed by atoms with E-state index in [0.717, 1.165) is 48.2 Å². The molecule has 0 radical (unpaired) electrons. The lowest BCUT2D eigenvalue weighted by Gasteiger charge is -2.03. The monoisotopic (exact) mass is 479 g/mol. The van der Waals surface area contributed by atoms with E-state index in [9.17, 15) is 13.2 Å². The Morgan fingerprint density at radius 2 is 1.94 bits per heavy atom. The smallest absolute Gasteiger partial charge is 0.231 e. The summed E-state index contributed by atoms with van der Waals surface area (Å²) in [7, 11) is -1.76. The van der Waals surface area contributed by atoms with Crippen molar-refractivity contribution in [2.75, 3.05) is 24.6 Å². The van der Waals surface area contributed by atoms with Gasteiger partial charge in [-0.15, -0.1) is 11.3 Å². The minimum atomic E-state index is -3.37. The fraction of sp³-hybridized carbons (Fsp3) is 0.400. The van der Waals surface area contributed by atoms with Crippen LogP contribution in [-0.4, -0.2) is 49.4 Å². The van der Waals surface area contributed by atoms with E-state index >= 15 is 0 Å². The molecule has 1 amide bonds. The van der Waals surface area contributed by atoms with Crippen LogP contribution < -0.4 is 14.8 Å². The number of carbonyl (C=O) groups is 1. The first-order valence-corrected chi connectivity index (χ1v) is 12.8. The van der Waals surface area contributed by atoms with E-state index in [4.69, 9.17) is 9.26 Å². The highest BCUT2D eigenvalue weighted by Crippen LogP contribution is 2.20. The molecule has 12 heteroatoms. The molecule has 0 aliphatic rings. The van der Waals surface area contributed by atoms with Crippen LogP contribution in [-0.2, 0) is 27.7 Å². The molecular weight excluding hydrogens is 454 g/mol. The van der Waals surface area contributed by atoms with E-state index in [1.165, 1.54) is 0 Å². The summed E-state index contributed by atoms with van der Waals surface area (Å²) in [5.74, 6) is 1.75. The van der Waals surface area contributed by atoms with Crippen molar-refractivity contribution in [3.05, 3.63) is 41.2 Å². The highest BCUT2D eigenvalue weighted by molar-refractivity contribution is 7.92. The lowest BCUT2D eigenvalue weighted by atomic mass is 10.2. The van der Waals surface area contributed by atoms with Crippen molar-refractivity contribution in [1.29, 1.82) is 0 Å². The molecule has 32 heavy (non-hydrogen) atoms. The molecule has 0 atom stereocenters. The Labute approximate surface area is 190 Å². The van der Waals surface area contributed by atoms with Crippen LogP contribution in [0.2, 0.25) is 0 Å². The Balaban J connectivity index is 1.31. The zero-order chi connectivity index (χ0) is 23.0. The average molecular weight is 480 g/mol. The molecule has 2 N–H and O–H groups in total. The lowest BCUT2D eigenvalue weighted by Crippen LogP contribution is -2.26. The van der Waals surface area contributed by atoms with Crippen molar-refractivity contribution in [1.82, 2.24) is 20.4 Å². The van der Waals surface area contributed by atoms with Gasteiger partial charge in [0.05, 0.1) is 25.5 Å². The van der Waals surface area contributed by atoms with Crippen LogP contribution in [0.25, 0.3) is 11.4 Å². The van der Waals surface area contributed by atoms with Gasteiger partial charge in [0, 0.05) is 23.9 Å². The van der Waals surface area contributed by atoms with Gasteiger partial charge in [0.2, 0.25) is 27.6 Å². The number of aryl methyl sites for hydroxylation is 1. The molecule has 1 aromatic carbocycles. The fourth-order valence-electron chi connectivity index (χ4n) is 2.84. The van der Waals surface area contributed by atoms with E-state index in [1.54, 1.807) is 12.5 Å². The SMILES string of the molecule is COc1ccc(-c2noc(CCCCCNC(=O)Cc3csc(NS(C)(=O)=O)n3)n2)cc1. The number of thiazole rings is 1. The molecule has 10 nitrogen and oxygen atoms in total. The third-order valence-electron chi connectivity index (χ3n) is 4.37. The number of carbonyl (C=O) groups excluding carboxylic acids is 1. The van der Waals surface area contributed by atoms with Crippen LogP contribution in [0.4, 0.5) is 5.13 Å². The summed E-state index contributed by atoms with van der Waals surface area (Å²) in [6, 6.07) is 7.45. The van der Waals surface area contributed by atoms with Crippen LogP contribution in [0.3, 0.4) is 0 Å². The molecule has 0 unspecified atom stereocenters. The van der Waals surface area contributed by atoms with Gasteiger partial charge in [0.1, 0.15) is 5.75 Å². The van der Waals surface area contributed by atoms with Crippen molar-refractivity contribution in [3.8, 4) is 17.1 Å². The zero-order valence-electron chi connectivity index (χ0n) is 17.8. The van der Waals surface area contributed by atoms with Gasteiger partial charge in [-0.25, -0.2) is 13.4 Å². The van der Waals surface area contributed by atoms with Gasteiger partial charge in [0.15, 0.2) is 5.13 Å². The third-order valence-corrected chi connectivity index (χ3v) is 5.87. The summed E-state index contributed by atoms with van der Waals surface area (Å²) in [4.78, 5) is 20.5. The van der Waals surface area contributed by atoms with Gasteiger partial charge >= 0.3 is 0 Å². The van der Waals surface area contributed by atoms with Crippen molar-refractivity contribution in [3.63, 3.8) is 0 Å². The first kappa shape index (κ1) is 23.7. The van der Waals surface area contributed by atoms with Gasteiger partial charge in [0.25, 0.3) is 0 Å². The molecular formula is C20H25N5O5S2. The molecule has 2 aromatic heterocycles. The van der Waals surface area contributed by atoms with Crippen LogP contribution >= 0.6 is 11.3 Å². The van der Waals surface area contributed by atoms with Crippen LogP contribution in [0.15, 0.2) is 34.2 Å². The molecule has 172 valence electrons. The summed E-state index contributed by atoms with van der Waals surface area (Å²) in [6.07, 6.45) is 4.43. The van der Waals surface area contributed by atoms with Gasteiger partial charge in [-0.05, 0) is 37.1 Å². The van der Waals surface area contributed by atoms with Gasteiger partial charge < -0.3 is 14.6 Å². The van der Waals surface area contributed by atoms with Gasteiger partial charge in [-0.2, -0.15) is 4.98 Å². The summed E-state index contributed by atoms with van der Waals surface area (Å²) < 4.78 is 35.1. The predicted octanol–water partition coefficient (Wildman–Crippen LogP) is 2.64. The Hall–Kier alpha value is -2.99. The number of nitrogens with one attached hydrogen (secondary N) is 2. The Morgan fingerprint density at radius 3 is 2.66 bits per heavy atom. The maximum atomic E-state index is 12.0. The quantitative estimate of drug-likeness (QED) is 0.378. The fourth-order valence-corrected chi connectivity index (χ4v) is 4.40. The molecule has 3 rings (SSSR count). The van der Waals surface area contributed by atoms with Crippen molar-refractivity contribution in [2.45, 2.75) is 32.1 Å². The van der Waals surface area contributed by atoms with Gasteiger partial charge in [-0.1, -0.05) is 11.6 Å². The summed E-state index contributed by atoms with van der Waals surface area (Å²) in [6.45, 7) is 0.554. The molecule has 0 aliphatic heterocycles. The van der Waals surface area contributed by atoms with Crippen molar-refractivity contribution < 1.29 is 22.5 Å². The predicted molar refractivity (Wildman–Crippen MR) is 121 cm³/mol. The zero-order valence-corrected chi connectivity index (χ0v) is 19.5. The number of anilines is 1. The second-order valence-corrected chi connectivity index (χ2v) is 9.70. The second-order valence-electron chi connectivity index (χ2n) is 7.10. The summed E-state index contributed by atoms with van der Waals surface area (Å²) >= 11 is 1.15. The number of unbranched alkanes of at least 4 members (excludes halogenated alkanes) is 2. The first-order valence-electron chi connectivity index (χ1n) is 9.98.